The highest BCUT2D eigenvalue weighted by Gasteiger charge is 2.07. The summed E-state index contributed by atoms with van der Waals surface area (Å²) in [5, 5.41) is 17.5. The molecule has 0 radical (unpaired) electrons. The monoisotopic (exact) mass is 158 g/mol. The summed E-state index contributed by atoms with van der Waals surface area (Å²) in [6.45, 7) is 4.93. The summed E-state index contributed by atoms with van der Waals surface area (Å²) in [5.41, 5.74) is 0.276. The van der Waals surface area contributed by atoms with Crippen LogP contribution in [0.3, 0.4) is 0 Å². The molecular formula is C8H14O3. The van der Waals surface area contributed by atoms with E-state index in [1.165, 1.54) is 6.92 Å². The highest BCUT2D eigenvalue weighted by atomic mass is 16.4. The molecule has 64 valence electrons. The van der Waals surface area contributed by atoms with Crippen molar-refractivity contribution in [3.8, 4) is 0 Å². The van der Waals surface area contributed by atoms with E-state index in [2.05, 4.69) is 0 Å². The smallest absolute Gasteiger partial charge is 0.330 e. The van der Waals surface area contributed by atoms with E-state index in [1.807, 2.05) is 0 Å². The van der Waals surface area contributed by atoms with Crippen molar-refractivity contribution < 1.29 is 15.0 Å². The van der Waals surface area contributed by atoms with Crippen LogP contribution in [0.25, 0.3) is 0 Å². The van der Waals surface area contributed by atoms with Crippen LogP contribution < -0.4 is 0 Å². The molecule has 3 heteroatoms. The van der Waals surface area contributed by atoms with Crippen LogP contribution in [0, 0.1) is 5.92 Å². The highest BCUT2D eigenvalue weighted by Crippen LogP contribution is 2.07. The molecule has 0 saturated heterocycles. The lowest BCUT2D eigenvalue weighted by Gasteiger charge is -2.09. The molecule has 0 aliphatic heterocycles. The van der Waals surface area contributed by atoms with Gasteiger partial charge in [-0.15, -0.1) is 0 Å². The van der Waals surface area contributed by atoms with Crippen LogP contribution in [0.1, 0.15) is 20.8 Å². The molecule has 2 N–H and O–H groups in total. The molecule has 0 aromatic heterocycles. The molecule has 0 aromatic carbocycles. The zero-order chi connectivity index (χ0) is 9.02. The summed E-state index contributed by atoms with van der Waals surface area (Å²) in [6, 6.07) is 0. The summed E-state index contributed by atoms with van der Waals surface area (Å²) >= 11 is 0. The minimum atomic E-state index is -0.933. The SMILES string of the molecule is C/C(=C\C(C)C(C)O)C(=O)O. The molecule has 3 nitrogen and oxygen atoms in total. The average Bonchev–Trinajstić information content (AvgIpc) is 1.87. The molecule has 0 heterocycles. The van der Waals surface area contributed by atoms with Gasteiger partial charge in [-0.25, -0.2) is 4.79 Å². The molecule has 2 atom stereocenters. The Morgan fingerprint density at radius 2 is 1.91 bits per heavy atom. The first-order valence-electron chi connectivity index (χ1n) is 3.55. The van der Waals surface area contributed by atoms with Gasteiger partial charge in [0.2, 0.25) is 0 Å². The third kappa shape index (κ3) is 3.78. The van der Waals surface area contributed by atoms with Gasteiger partial charge in [-0.1, -0.05) is 13.0 Å². The Balaban J connectivity index is 4.19. The van der Waals surface area contributed by atoms with Gasteiger partial charge < -0.3 is 10.2 Å². The largest absolute Gasteiger partial charge is 0.478 e. The van der Waals surface area contributed by atoms with Gasteiger partial charge in [-0.3, -0.25) is 0 Å². The number of aliphatic hydroxyl groups excluding tert-OH is 1. The molecular weight excluding hydrogens is 144 g/mol. The van der Waals surface area contributed by atoms with Crippen molar-refractivity contribution in [2.45, 2.75) is 26.9 Å². The lowest BCUT2D eigenvalue weighted by atomic mass is 10.0. The minimum Gasteiger partial charge on any atom is -0.478 e. The first-order valence-corrected chi connectivity index (χ1v) is 3.55. The Hall–Kier alpha value is -0.830. The van der Waals surface area contributed by atoms with Crippen LogP contribution in [0.5, 0.6) is 0 Å². The van der Waals surface area contributed by atoms with Gasteiger partial charge in [0.25, 0.3) is 0 Å². The van der Waals surface area contributed by atoms with E-state index in [-0.39, 0.29) is 11.5 Å². The maximum absolute atomic E-state index is 10.3. The Labute approximate surface area is 66.4 Å². The van der Waals surface area contributed by atoms with Gasteiger partial charge in [-0.05, 0) is 13.8 Å². The molecule has 0 saturated carbocycles. The number of carboxylic acid groups (broad SMARTS) is 1. The maximum Gasteiger partial charge on any atom is 0.330 e. The summed E-state index contributed by atoms with van der Waals surface area (Å²) in [4.78, 5) is 10.3. The lowest BCUT2D eigenvalue weighted by molar-refractivity contribution is -0.132. The number of aliphatic hydroxyl groups is 1. The topological polar surface area (TPSA) is 57.5 Å². The molecule has 0 aliphatic carbocycles. The predicted octanol–water partition coefficient (Wildman–Crippen LogP) is 1.03. The first-order chi connectivity index (χ1) is 4.95. The number of rotatable bonds is 3. The summed E-state index contributed by atoms with van der Waals surface area (Å²) in [6.07, 6.45) is 1.05. The zero-order valence-corrected chi connectivity index (χ0v) is 7.03. The normalized spacial score (nSPS) is 17.6. The van der Waals surface area contributed by atoms with Crippen molar-refractivity contribution in [1.29, 1.82) is 0 Å². The molecule has 0 amide bonds. The molecule has 0 aromatic rings. The van der Waals surface area contributed by atoms with Crippen molar-refractivity contribution in [3.05, 3.63) is 11.6 Å². The van der Waals surface area contributed by atoms with Crippen LogP contribution >= 0.6 is 0 Å². The molecule has 0 aliphatic rings. The van der Waals surface area contributed by atoms with Gasteiger partial charge in [0.1, 0.15) is 0 Å². The van der Waals surface area contributed by atoms with Crippen LogP contribution in [-0.2, 0) is 4.79 Å². The standard InChI is InChI=1S/C8H14O3/c1-5(7(3)9)4-6(2)8(10)11/h4-5,7,9H,1-3H3,(H,10,11)/b6-4+. The van der Waals surface area contributed by atoms with Crippen LogP contribution in [0.4, 0.5) is 0 Å². The number of hydrogen-bond acceptors (Lipinski definition) is 2. The van der Waals surface area contributed by atoms with Gasteiger partial charge in [-0.2, -0.15) is 0 Å². The molecule has 0 spiro atoms. The maximum atomic E-state index is 10.3. The van der Waals surface area contributed by atoms with Gasteiger partial charge in [0.05, 0.1) is 6.10 Å². The summed E-state index contributed by atoms with van der Waals surface area (Å²) < 4.78 is 0. The zero-order valence-electron chi connectivity index (χ0n) is 7.03. The van der Waals surface area contributed by atoms with E-state index in [4.69, 9.17) is 10.2 Å². The summed E-state index contributed by atoms with van der Waals surface area (Å²) in [7, 11) is 0. The van der Waals surface area contributed by atoms with E-state index in [0.717, 1.165) is 0 Å². The Kier molecular flexibility index (Phi) is 3.82. The third-order valence-electron chi connectivity index (χ3n) is 1.61. The first kappa shape index (κ1) is 10.2. The van der Waals surface area contributed by atoms with Gasteiger partial charge >= 0.3 is 5.97 Å². The third-order valence-corrected chi connectivity index (χ3v) is 1.61. The molecule has 0 fully saturated rings. The number of hydrogen-bond donors (Lipinski definition) is 2. The number of carbonyl (C=O) groups is 1. The van der Waals surface area contributed by atoms with Crippen LogP contribution in [-0.4, -0.2) is 22.3 Å². The second kappa shape index (κ2) is 4.13. The molecule has 0 bridgehead atoms. The van der Waals surface area contributed by atoms with Crippen molar-refractivity contribution in [3.63, 3.8) is 0 Å². The fraction of sp³-hybridized carbons (Fsp3) is 0.625. The Bertz CT molecular complexity index is 170. The van der Waals surface area contributed by atoms with E-state index in [9.17, 15) is 4.79 Å². The molecule has 2 unspecified atom stereocenters. The van der Waals surface area contributed by atoms with Crippen molar-refractivity contribution in [2.24, 2.45) is 5.92 Å². The van der Waals surface area contributed by atoms with Crippen LogP contribution in [0.2, 0.25) is 0 Å². The molecule has 11 heavy (non-hydrogen) atoms. The van der Waals surface area contributed by atoms with Crippen LogP contribution in [0.15, 0.2) is 11.6 Å². The van der Waals surface area contributed by atoms with E-state index < -0.39 is 12.1 Å². The average molecular weight is 158 g/mol. The minimum absolute atomic E-state index is 0.105. The Morgan fingerprint density at radius 1 is 1.45 bits per heavy atom. The lowest BCUT2D eigenvalue weighted by Crippen LogP contribution is -2.12. The van der Waals surface area contributed by atoms with Gasteiger partial charge in [0, 0.05) is 11.5 Å². The highest BCUT2D eigenvalue weighted by molar-refractivity contribution is 5.85. The number of aliphatic carboxylic acids is 1. The fourth-order valence-electron chi connectivity index (χ4n) is 0.605. The quantitative estimate of drug-likeness (QED) is 0.603. The van der Waals surface area contributed by atoms with E-state index in [0.29, 0.717) is 0 Å². The van der Waals surface area contributed by atoms with Gasteiger partial charge in [0.15, 0.2) is 0 Å². The second-order valence-corrected chi connectivity index (χ2v) is 2.75. The number of carboxylic acids is 1. The second-order valence-electron chi connectivity index (χ2n) is 2.75. The predicted molar refractivity (Wildman–Crippen MR) is 42.2 cm³/mol. The fourth-order valence-corrected chi connectivity index (χ4v) is 0.605. The van der Waals surface area contributed by atoms with Crippen molar-refractivity contribution in [2.75, 3.05) is 0 Å². The van der Waals surface area contributed by atoms with Crippen molar-refractivity contribution >= 4 is 5.97 Å². The van der Waals surface area contributed by atoms with E-state index >= 15 is 0 Å². The van der Waals surface area contributed by atoms with Crippen molar-refractivity contribution in [1.82, 2.24) is 0 Å². The Morgan fingerprint density at radius 3 is 2.18 bits per heavy atom. The summed E-state index contributed by atoms with van der Waals surface area (Å²) in [5.74, 6) is -1.04. The van der Waals surface area contributed by atoms with E-state index in [1.54, 1.807) is 19.9 Å². The molecule has 0 rings (SSSR count).